The first-order chi connectivity index (χ1) is 32.6. The minimum absolute atomic E-state index is 0.0332. The van der Waals surface area contributed by atoms with Gasteiger partial charge in [0.05, 0.1) is 76.7 Å². The minimum Gasteiger partial charge on any atom is -0.507 e. The predicted octanol–water partition coefficient (Wildman–Crippen LogP) is 6.55. The van der Waals surface area contributed by atoms with E-state index in [4.69, 9.17) is 24.0 Å². The quantitative estimate of drug-likeness (QED) is 0.0664. The van der Waals surface area contributed by atoms with E-state index in [1.807, 2.05) is 37.1 Å². The molecule has 17 heteroatoms. The first-order valence-electron chi connectivity index (χ1n) is 23.2. The molecule has 5 bridgehead atoms. The molecular weight excluding hydrogens is 887 g/mol. The van der Waals surface area contributed by atoms with E-state index in [1.165, 1.54) is 59.4 Å². The van der Waals surface area contributed by atoms with E-state index in [9.17, 15) is 45.2 Å². The number of allylic oxidation sites excluding steroid dienone is 2. The molecule has 69 heavy (non-hydrogen) atoms. The van der Waals surface area contributed by atoms with Crippen LogP contribution in [0.15, 0.2) is 65.5 Å². The number of nitrogens with zero attached hydrogens (tertiary/aromatic N) is 4. The van der Waals surface area contributed by atoms with Gasteiger partial charge in [-0.05, 0) is 45.4 Å². The number of methoxy groups -OCH3 is 1. The number of phenolic OH excluding ortho intramolecular Hbond substituents is 3. The number of hydrogen-bond donors (Lipinski definition) is 6. The van der Waals surface area contributed by atoms with Crippen molar-refractivity contribution < 1.29 is 58.9 Å². The van der Waals surface area contributed by atoms with Gasteiger partial charge in [-0.2, -0.15) is 10.4 Å². The van der Waals surface area contributed by atoms with Crippen molar-refractivity contribution in [2.45, 2.75) is 118 Å². The maximum atomic E-state index is 14.7. The van der Waals surface area contributed by atoms with Crippen molar-refractivity contribution in [3.63, 3.8) is 0 Å². The summed E-state index contributed by atoms with van der Waals surface area (Å²) >= 11 is 0. The molecule has 4 aliphatic heterocycles. The number of carbonyl (C=O) groups is 3. The topological polar surface area (TPSA) is 244 Å². The Labute approximate surface area is 402 Å². The molecule has 17 nitrogen and oxygen atoms in total. The Morgan fingerprint density at radius 1 is 0.957 bits per heavy atom. The lowest BCUT2D eigenvalue weighted by Crippen LogP contribution is -2.54. The molecule has 3 aromatic carbocycles. The van der Waals surface area contributed by atoms with Crippen LogP contribution in [0.4, 0.5) is 5.69 Å². The van der Waals surface area contributed by atoms with Crippen molar-refractivity contribution in [3.05, 3.63) is 88.2 Å². The molecule has 0 aromatic heterocycles. The number of nitriles is 1. The Morgan fingerprint density at radius 2 is 1.62 bits per heavy atom. The van der Waals surface area contributed by atoms with Gasteiger partial charge in [0.15, 0.2) is 5.75 Å². The fourth-order valence-corrected chi connectivity index (χ4v) is 9.79. The molecule has 4 aliphatic rings. The second-order valence-corrected chi connectivity index (χ2v) is 18.9. The first kappa shape index (κ1) is 51.9. The summed E-state index contributed by atoms with van der Waals surface area (Å²) in [5, 5.41) is 77.8. The number of benzene rings is 3. The number of hydrogen-bond acceptors (Lipinski definition) is 16. The summed E-state index contributed by atoms with van der Waals surface area (Å²) in [4.78, 5) is 43.3. The third kappa shape index (κ3) is 10.3. The number of fused-ring (bicyclic) bond motifs is 14. The second-order valence-electron chi connectivity index (χ2n) is 18.9. The number of carbonyl (C=O) groups excluding carboxylic acids is 3. The number of aliphatic hydroxyl groups is 2. The van der Waals surface area contributed by atoms with E-state index in [0.29, 0.717) is 25.2 Å². The van der Waals surface area contributed by atoms with E-state index in [0.717, 1.165) is 5.56 Å². The van der Waals surface area contributed by atoms with E-state index >= 15 is 0 Å². The zero-order valence-electron chi connectivity index (χ0n) is 41.1. The molecule has 1 saturated heterocycles. The number of ketones is 1. The van der Waals surface area contributed by atoms with E-state index < -0.39 is 88.8 Å². The summed E-state index contributed by atoms with van der Waals surface area (Å²) in [6.45, 7) is 18.1. The maximum absolute atomic E-state index is 14.7. The van der Waals surface area contributed by atoms with Gasteiger partial charge in [0.2, 0.25) is 0 Å². The lowest BCUT2D eigenvalue weighted by atomic mass is 9.78. The molecule has 3 aromatic rings. The van der Waals surface area contributed by atoms with Crippen LogP contribution in [0.2, 0.25) is 0 Å². The van der Waals surface area contributed by atoms with Gasteiger partial charge >= 0.3 is 11.8 Å². The predicted molar refractivity (Wildman–Crippen MR) is 259 cm³/mol. The zero-order chi connectivity index (χ0) is 50.8. The molecule has 0 aliphatic carbocycles. The number of aromatic hydroxyl groups is 3. The third-order valence-electron chi connectivity index (χ3n) is 13.8. The smallest absolute Gasteiger partial charge is 0.312 e. The van der Waals surface area contributed by atoms with Crippen molar-refractivity contribution in [3.8, 4) is 29.1 Å². The fraction of sp³-hybridized carbons (Fsp3) is 0.481. The summed E-state index contributed by atoms with van der Waals surface area (Å²) in [5.41, 5.74) is 0.978. The van der Waals surface area contributed by atoms with Crippen molar-refractivity contribution >= 4 is 40.3 Å². The SMILES string of the molecule is CO[C@@H]1C=CO[C@@]2(C)Oc3c(C)c(O)c4c(O)c(c(C=NN5[C@H](C)CN(Cc6ccccc6C#N)C[C@@H]5C)c(O)c4c3C2=O)NC(=O)C(C)=CC=C[C@H](C)[C@H](O)[C@H](C)[C@H](O)[C@H](C)[C@@H](OC(C)=O)[C@@H]1C. The van der Waals surface area contributed by atoms with Crippen LogP contribution < -0.4 is 10.1 Å². The van der Waals surface area contributed by atoms with E-state index in [1.54, 1.807) is 45.9 Å². The van der Waals surface area contributed by atoms with Crippen LogP contribution >= 0.6 is 0 Å². The van der Waals surface area contributed by atoms with E-state index in [-0.39, 0.29) is 56.6 Å². The summed E-state index contributed by atoms with van der Waals surface area (Å²) in [6, 6.07) is 9.29. The highest BCUT2D eigenvalue weighted by molar-refractivity contribution is 6.23. The molecule has 1 fully saturated rings. The van der Waals surface area contributed by atoms with Gasteiger partial charge < -0.3 is 49.8 Å². The highest BCUT2D eigenvalue weighted by Gasteiger charge is 2.50. The zero-order valence-corrected chi connectivity index (χ0v) is 41.1. The average Bonchev–Trinajstić information content (AvgIpc) is 3.57. The Kier molecular flexibility index (Phi) is 15.8. The number of Topliss-reactive ketones (excluding diaryl/α,β-unsaturated/α-hetero) is 1. The maximum Gasteiger partial charge on any atom is 0.312 e. The van der Waals surface area contributed by atoms with E-state index in [2.05, 4.69) is 16.3 Å². The summed E-state index contributed by atoms with van der Waals surface area (Å²) in [6.07, 6.45) is 4.74. The molecule has 0 unspecified atom stereocenters. The van der Waals surface area contributed by atoms with Crippen LogP contribution in [0.5, 0.6) is 23.0 Å². The van der Waals surface area contributed by atoms with Gasteiger partial charge in [0.1, 0.15) is 23.4 Å². The Balaban J connectivity index is 1.48. The second kappa shape index (κ2) is 21.0. The van der Waals surface area contributed by atoms with Crippen molar-refractivity contribution in [2.75, 3.05) is 25.5 Å². The number of phenols is 3. The highest BCUT2D eigenvalue weighted by Crippen LogP contribution is 2.55. The fourth-order valence-electron chi connectivity index (χ4n) is 9.79. The number of nitrogens with one attached hydrogen (secondary N) is 1. The summed E-state index contributed by atoms with van der Waals surface area (Å²) < 4.78 is 23.8. The molecule has 4 heterocycles. The number of esters is 1. The monoisotopic (exact) mass is 951 g/mol. The van der Waals surface area contributed by atoms with Crippen molar-refractivity contribution in [1.82, 2.24) is 9.91 Å². The van der Waals surface area contributed by atoms with Gasteiger partial charge in [-0.1, -0.05) is 64.1 Å². The molecule has 7 rings (SSSR count). The molecule has 11 atom stereocenters. The van der Waals surface area contributed by atoms with Crippen LogP contribution in [-0.2, 0) is 30.3 Å². The summed E-state index contributed by atoms with van der Waals surface area (Å²) in [5.74, 6) is -8.67. The van der Waals surface area contributed by atoms with Gasteiger partial charge in [-0.25, -0.2) is 0 Å². The lowest BCUT2D eigenvalue weighted by molar-refractivity contribution is -0.160. The molecule has 0 radical (unpaired) electrons. The molecular formula is C52H65N5O12. The standard InChI is InChI=1S/C52H65N5O12/c1-26-15-14-16-27(2)51(65)55-42-37(22-54-57-28(3)23-56(24-29(57)4)25-36-18-13-12-17-35(36)21-53)46(62)39-40(47(42)63)45(61)33(8)49-41(39)50(64)52(10,69-49)67-20-19-38(66-11)30(5)48(68-34(9)58)32(7)44(60)31(6)43(26)59/h12-20,22,26,28-32,38,43-44,48,59-63H,23-25H2,1-11H3,(H,55,65)/t26-,28-,29+,30+,31-,32-,38+,43-,44-,48-,52-/m0/s1. The van der Waals surface area contributed by atoms with Crippen molar-refractivity contribution in [2.24, 2.45) is 28.8 Å². The third-order valence-corrected chi connectivity index (χ3v) is 13.8. The number of piperazine rings is 1. The Morgan fingerprint density at radius 3 is 2.26 bits per heavy atom. The van der Waals surface area contributed by atoms with Crippen LogP contribution in [0, 0.1) is 41.9 Å². The van der Waals surface area contributed by atoms with Gasteiger partial charge in [-0.15, -0.1) is 0 Å². The Hall–Kier alpha value is -6.45. The molecule has 0 spiro atoms. The number of aliphatic hydroxyl groups excluding tert-OH is 2. The van der Waals surface area contributed by atoms with Crippen LogP contribution in [0.25, 0.3) is 10.8 Å². The molecule has 370 valence electrons. The highest BCUT2D eigenvalue weighted by atomic mass is 16.7. The molecule has 6 N–H and O–H groups in total. The Bertz CT molecular complexity index is 2630. The molecule has 0 saturated carbocycles. The number of rotatable bonds is 6. The van der Waals surface area contributed by atoms with Crippen LogP contribution in [0.3, 0.4) is 0 Å². The largest absolute Gasteiger partial charge is 0.507 e. The van der Waals surface area contributed by atoms with Gasteiger partial charge in [0.25, 0.3) is 11.7 Å². The molecule has 1 amide bonds. The van der Waals surface area contributed by atoms with Crippen LogP contribution in [-0.4, -0.2) is 122 Å². The van der Waals surface area contributed by atoms with Gasteiger partial charge in [-0.3, -0.25) is 24.3 Å². The van der Waals surface area contributed by atoms with Gasteiger partial charge in [0, 0.05) is 80.8 Å². The normalized spacial score (nSPS) is 29.4. The number of amides is 1. The number of anilines is 1. The minimum atomic E-state index is -2.09. The number of ether oxygens (including phenoxy) is 4. The summed E-state index contributed by atoms with van der Waals surface area (Å²) in [7, 11) is 1.43. The van der Waals surface area contributed by atoms with Crippen LogP contribution in [0.1, 0.15) is 94.9 Å². The average molecular weight is 952 g/mol. The lowest BCUT2D eigenvalue weighted by Gasteiger charge is -2.43. The number of hydrazone groups is 1. The van der Waals surface area contributed by atoms with Crippen molar-refractivity contribution in [1.29, 1.82) is 5.26 Å². The first-order valence-corrected chi connectivity index (χ1v) is 23.2.